The summed E-state index contributed by atoms with van der Waals surface area (Å²) in [6, 6.07) is 0. The smallest absolute Gasteiger partial charge is 0.121 e. The van der Waals surface area contributed by atoms with Gasteiger partial charge in [0.2, 0.25) is 0 Å². The first-order valence-corrected chi connectivity index (χ1v) is 10.4. The second-order valence-electron chi connectivity index (χ2n) is 4.73. The van der Waals surface area contributed by atoms with Crippen molar-refractivity contribution < 1.29 is 71.6 Å². The Morgan fingerprint density at radius 1 is 0.640 bits per heavy atom. The molecule has 0 amide bonds. The van der Waals surface area contributed by atoms with Gasteiger partial charge in [-0.2, -0.15) is 0 Å². The second kappa shape index (κ2) is 8.07. The van der Waals surface area contributed by atoms with E-state index in [2.05, 4.69) is 18.3 Å². The first-order chi connectivity index (χ1) is 11.1. The summed E-state index contributed by atoms with van der Waals surface area (Å²) in [7, 11) is -16.9. The van der Waals surface area contributed by atoms with Gasteiger partial charge in [0.1, 0.15) is 36.6 Å². The van der Waals surface area contributed by atoms with Gasteiger partial charge in [0.25, 0.3) is 0 Å². The molecule has 6 atom stereocenters. The standard InChI is InChI=1S/C7H17O15P3/c1-19-5-2(8)4(20-23(10,11)12)3(9)6(21-24(13,14)15)7(5)22-25(16,17)18/h2-9H,1H3,(H2,10,11,12)(H2,13,14,15)(H2,16,17,18)/p-6/t2-,3+,4-,5-,6-,7-/m1/s1. The fourth-order valence-corrected chi connectivity index (χ4v) is 3.87. The lowest BCUT2D eigenvalue weighted by molar-refractivity contribution is -0.372. The summed E-state index contributed by atoms with van der Waals surface area (Å²) in [5.41, 5.74) is 0. The van der Waals surface area contributed by atoms with Gasteiger partial charge in [-0.15, -0.1) is 0 Å². The Morgan fingerprint density at radius 3 is 1.32 bits per heavy atom. The lowest BCUT2D eigenvalue weighted by Crippen LogP contribution is -2.66. The Labute approximate surface area is 139 Å². The maximum Gasteiger partial charge on any atom is 0.121 e. The monoisotopic (exact) mass is 428 g/mol. The molecule has 0 saturated heterocycles. The highest BCUT2D eigenvalue weighted by Crippen LogP contribution is 2.43. The Bertz CT molecular complexity index is 590. The Balaban J connectivity index is 3.32. The summed E-state index contributed by atoms with van der Waals surface area (Å²) in [6.45, 7) is 0. The number of hydrogen-bond acceptors (Lipinski definition) is 15. The summed E-state index contributed by atoms with van der Waals surface area (Å²) >= 11 is 0. The molecule has 15 nitrogen and oxygen atoms in total. The molecule has 0 unspecified atom stereocenters. The Kier molecular flexibility index (Phi) is 7.50. The average molecular weight is 428 g/mol. The van der Waals surface area contributed by atoms with Gasteiger partial charge in [-0.1, -0.05) is 0 Å². The predicted octanol–water partition coefficient (Wildman–Crippen LogP) is -6.62. The summed E-state index contributed by atoms with van der Waals surface area (Å²) in [4.78, 5) is 64.4. The predicted molar refractivity (Wildman–Crippen MR) is 60.2 cm³/mol. The van der Waals surface area contributed by atoms with Crippen molar-refractivity contribution >= 4 is 23.5 Å². The molecule has 1 aliphatic rings. The molecule has 1 fully saturated rings. The van der Waals surface area contributed by atoms with Crippen molar-refractivity contribution in [1.82, 2.24) is 0 Å². The minimum Gasteiger partial charge on any atom is -0.790 e. The third kappa shape index (κ3) is 7.03. The highest BCUT2D eigenvalue weighted by molar-refractivity contribution is 7.43. The van der Waals surface area contributed by atoms with Crippen LogP contribution in [0.25, 0.3) is 0 Å². The van der Waals surface area contributed by atoms with Gasteiger partial charge in [0.05, 0.1) is 23.5 Å². The largest absolute Gasteiger partial charge is 0.790 e. The zero-order valence-corrected chi connectivity index (χ0v) is 14.7. The summed E-state index contributed by atoms with van der Waals surface area (Å²) in [5, 5.41) is 19.8. The van der Waals surface area contributed by atoms with Gasteiger partial charge < -0.3 is 71.6 Å². The Morgan fingerprint density at radius 2 is 0.960 bits per heavy atom. The van der Waals surface area contributed by atoms with E-state index in [0.29, 0.717) is 0 Å². The number of aliphatic hydroxyl groups excluding tert-OH is 2. The van der Waals surface area contributed by atoms with Crippen LogP contribution in [0.1, 0.15) is 0 Å². The van der Waals surface area contributed by atoms with Crippen molar-refractivity contribution in [2.75, 3.05) is 7.11 Å². The maximum atomic E-state index is 10.8. The molecule has 1 saturated carbocycles. The van der Waals surface area contributed by atoms with Crippen molar-refractivity contribution in [3.63, 3.8) is 0 Å². The van der Waals surface area contributed by atoms with Crippen molar-refractivity contribution in [1.29, 1.82) is 0 Å². The van der Waals surface area contributed by atoms with Gasteiger partial charge in [0, 0.05) is 7.11 Å². The molecule has 25 heavy (non-hydrogen) atoms. The fourth-order valence-electron chi connectivity index (χ4n) is 2.24. The molecule has 0 heterocycles. The van der Waals surface area contributed by atoms with Crippen LogP contribution in [0.3, 0.4) is 0 Å². The molecule has 0 aromatic carbocycles. The van der Waals surface area contributed by atoms with Gasteiger partial charge in [0.15, 0.2) is 0 Å². The van der Waals surface area contributed by atoms with Crippen LogP contribution in [-0.2, 0) is 32.0 Å². The van der Waals surface area contributed by atoms with Crippen molar-refractivity contribution in [3.05, 3.63) is 0 Å². The molecule has 0 aliphatic heterocycles. The topological polar surface area (TPSA) is 267 Å². The first kappa shape index (κ1) is 23.2. The molecular weight excluding hydrogens is 417 g/mol. The van der Waals surface area contributed by atoms with Crippen LogP contribution in [0.2, 0.25) is 0 Å². The molecule has 0 spiro atoms. The van der Waals surface area contributed by atoms with E-state index in [9.17, 15) is 53.3 Å². The van der Waals surface area contributed by atoms with Crippen LogP contribution in [-0.4, -0.2) is 53.9 Å². The molecule has 1 rings (SSSR count). The van der Waals surface area contributed by atoms with Gasteiger partial charge in [-0.3, -0.25) is 0 Å². The highest BCUT2D eigenvalue weighted by atomic mass is 31.2. The van der Waals surface area contributed by atoms with Gasteiger partial charge in [-0.25, -0.2) is 0 Å². The van der Waals surface area contributed by atoms with Crippen molar-refractivity contribution in [3.8, 4) is 0 Å². The number of rotatable bonds is 7. The number of phosphoric ester groups is 3. The van der Waals surface area contributed by atoms with Crippen LogP contribution in [0, 0.1) is 0 Å². The SMILES string of the molecule is CO[C@@H]1[C@H](O)[C@@H](OP(=O)([O-])[O-])[C@H](O)[C@@H](OP(=O)([O-])[O-])[C@@H]1OP(=O)([O-])[O-]. The molecule has 18 heteroatoms. The van der Waals surface area contributed by atoms with E-state index < -0.39 is 60.1 Å². The highest BCUT2D eigenvalue weighted by Gasteiger charge is 2.53. The van der Waals surface area contributed by atoms with Crippen LogP contribution < -0.4 is 29.4 Å². The van der Waals surface area contributed by atoms with Crippen LogP contribution in [0.5, 0.6) is 0 Å². The van der Waals surface area contributed by atoms with Gasteiger partial charge in [-0.05, 0) is 0 Å². The van der Waals surface area contributed by atoms with Crippen molar-refractivity contribution in [2.24, 2.45) is 0 Å². The lowest BCUT2D eigenvalue weighted by Gasteiger charge is -2.52. The average Bonchev–Trinajstić information content (AvgIpc) is 2.36. The first-order valence-electron chi connectivity index (χ1n) is 6.06. The summed E-state index contributed by atoms with van der Waals surface area (Å²) in [5.74, 6) is 0. The third-order valence-corrected chi connectivity index (χ3v) is 4.52. The minimum atomic E-state index is -5.96. The number of aliphatic hydroxyl groups is 2. The zero-order valence-electron chi connectivity index (χ0n) is 12.0. The molecular formula is C7H11O15P3-6. The molecule has 0 aromatic heterocycles. The fraction of sp³-hybridized carbons (Fsp3) is 1.00. The molecule has 0 radical (unpaired) electrons. The van der Waals surface area contributed by atoms with Crippen LogP contribution in [0.15, 0.2) is 0 Å². The summed E-state index contributed by atoms with van der Waals surface area (Å²) in [6.07, 6.45) is -14.3. The number of ether oxygens (including phenoxy) is 1. The third-order valence-electron chi connectivity index (χ3n) is 3.02. The number of hydrogen-bond donors (Lipinski definition) is 2. The summed E-state index contributed by atoms with van der Waals surface area (Å²) < 4.78 is 48.5. The van der Waals surface area contributed by atoms with Gasteiger partial charge >= 0.3 is 0 Å². The molecule has 150 valence electrons. The quantitative estimate of drug-likeness (QED) is 0.357. The van der Waals surface area contributed by atoms with E-state index in [1.165, 1.54) is 0 Å². The zero-order chi connectivity index (χ0) is 19.8. The number of methoxy groups -OCH3 is 1. The van der Waals surface area contributed by atoms with E-state index in [4.69, 9.17) is 0 Å². The minimum absolute atomic E-state index is 0.776. The van der Waals surface area contributed by atoms with E-state index in [1.807, 2.05) is 0 Å². The van der Waals surface area contributed by atoms with Crippen molar-refractivity contribution in [2.45, 2.75) is 36.6 Å². The normalized spacial score (nSPS) is 34.9. The van der Waals surface area contributed by atoms with E-state index in [1.54, 1.807) is 0 Å². The van der Waals surface area contributed by atoms with Crippen LogP contribution in [0.4, 0.5) is 0 Å². The van der Waals surface area contributed by atoms with E-state index in [-0.39, 0.29) is 0 Å². The van der Waals surface area contributed by atoms with E-state index >= 15 is 0 Å². The molecule has 1 aliphatic carbocycles. The second-order valence-corrected chi connectivity index (χ2v) is 8.05. The van der Waals surface area contributed by atoms with E-state index in [0.717, 1.165) is 7.11 Å². The number of phosphoric acid groups is 3. The molecule has 0 aromatic rings. The molecule has 0 bridgehead atoms. The lowest BCUT2D eigenvalue weighted by atomic mass is 9.85. The molecule has 2 N–H and O–H groups in total. The Hall–Kier alpha value is 0.210. The maximum absolute atomic E-state index is 10.8. The van der Waals surface area contributed by atoms with Crippen LogP contribution >= 0.6 is 23.5 Å².